The maximum atomic E-state index is 15.5. The van der Waals surface area contributed by atoms with Crippen molar-refractivity contribution in [3.8, 4) is 28.7 Å². The Morgan fingerprint density at radius 1 is 0.870 bits per heavy atom. The molecule has 6 aromatic rings. The average Bonchev–Trinajstić information content (AvgIpc) is 3.20. The Kier molecular flexibility index (Phi) is 11.3. The number of anilines is 1. The molecule has 1 N–H and O–H groups in total. The van der Waals surface area contributed by atoms with Gasteiger partial charge in [0, 0.05) is 55.6 Å². The van der Waals surface area contributed by atoms with E-state index >= 15 is 4.39 Å². The number of benzene rings is 4. The number of methoxy groups -OCH3 is 2. The fraction of sp³-hybridized carbons (Fsp3) is 0.268. The van der Waals surface area contributed by atoms with E-state index in [4.69, 9.17) is 23.7 Å². The number of fused-ring (bicyclic) bond motifs is 2. The standard InChI is InChI=1S/C41H40FN5O7/c1-50-29-11-8-27(9-12-29)15-18-47-34-7-4-3-6-32(34)45-39(41(47)49)40(48)44-28-10-13-36(31(42)24-28)54-35-14-16-43-33-26-38(37(51-2)25-30(33)35)53-21-5-17-46-19-22-52-23-20-46/h3-4,6-14,16,24-26H,5,15,17-23H2,1-2H3,(H,44,48). The molecule has 0 aliphatic carbocycles. The molecule has 0 spiro atoms. The number of para-hydroxylation sites is 2. The van der Waals surface area contributed by atoms with E-state index in [2.05, 4.69) is 20.2 Å². The smallest absolute Gasteiger partial charge is 0.282 e. The summed E-state index contributed by atoms with van der Waals surface area (Å²) in [5, 5.41) is 3.22. The van der Waals surface area contributed by atoms with Crippen LogP contribution in [-0.2, 0) is 17.7 Å². The average molecular weight is 734 g/mol. The zero-order chi connectivity index (χ0) is 37.4. The Morgan fingerprint density at radius 3 is 2.46 bits per heavy atom. The number of ether oxygens (including phenoxy) is 5. The van der Waals surface area contributed by atoms with Gasteiger partial charge in [0.25, 0.3) is 11.5 Å². The van der Waals surface area contributed by atoms with Crippen LogP contribution in [0.5, 0.6) is 28.7 Å². The van der Waals surface area contributed by atoms with E-state index in [1.165, 1.54) is 16.7 Å². The molecule has 1 saturated heterocycles. The molecule has 4 aromatic carbocycles. The van der Waals surface area contributed by atoms with Gasteiger partial charge in [0.1, 0.15) is 11.5 Å². The molecular formula is C41H40FN5O7. The zero-order valence-electron chi connectivity index (χ0n) is 30.0. The number of rotatable bonds is 14. The predicted octanol–water partition coefficient (Wildman–Crippen LogP) is 6.49. The number of amides is 1. The van der Waals surface area contributed by atoms with Crippen molar-refractivity contribution >= 4 is 33.5 Å². The highest BCUT2D eigenvalue weighted by Crippen LogP contribution is 2.38. The van der Waals surface area contributed by atoms with Crippen molar-refractivity contribution < 1.29 is 32.9 Å². The van der Waals surface area contributed by atoms with Crippen LogP contribution in [0.4, 0.5) is 10.1 Å². The first-order chi connectivity index (χ1) is 26.4. The molecule has 0 atom stereocenters. The Hall–Kier alpha value is -6.05. The quantitative estimate of drug-likeness (QED) is 0.124. The normalized spacial score (nSPS) is 13.2. The minimum Gasteiger partial charge on any atom is -0.497 e. The van der Waals surface area contributed by atoms with E-state index < -0.39 is 17.3 Å². The van der Waals surface area contributed by atoms with Crippen LogP contribution in [0, 0.1) is 5.82 Å². The number of carbonyl (C=O) groups excluding carboxylic acids is 1. The van der Waals surface area contributed by atoms with E-state index in [9.17, 15) is 9.59 Å². The predicted molar refractivity (Wildman–Crippen MR) is 203 cm³/mol. The first-order valence-corrected chi connectivity index (χ1v) is 17.7. The number of hydrogen-bond acceptors (Lipinski definition) is 10. The van der Waals surface area contributed by atoms with Gasteiger partial charge in [-0.25, -0.2) is 9.37 Å². The number of aromatic nitrogens is 3. The molecule has 1 aliphatic rings. The zero-order valence-corrected chi connectivity index (χ0v) is 30.0. The van der Waals surface area contributed by atoms with Gasteiger partial charge >= 0.3 is 0 Å². The topological polar surface area (TPSA) is 126 Å². The van der Waals surface area contributed by atoms with Gasteiger partial charge in [0.15, 0.2) is 28.8 Å². The molecule has 3 heterocycles. The van der Waals surface area contributed by atoms with Gasteiger partial charge in [-0.2, -0.15) is 0 Å². The third-order valence-corrected chi connectivity index (χ3v) is 9.23. The second-order valence-electron chi connectivity index (χ2n) is 12.7. The number of pyridine rings is 1. The monoisotopic (exact) mass is 733 g/mol. The van der Waals surface area contributed by atoms with Gasteiger partial charge in [-0.15, -0.1) is 0 Å². The second-order valence-corrected chi connectivity index (χ2v) is 12.7. The van der Waals surface area contributed by atoms with E-state index in [-0.39, 0.29) is 17.1 Å². The summed E-state index contributed by atoms with van der Waals surface area (Å²) in [5.41, 5.74) is 1.93. The number of morpholine rings is 1. The molecule has 12 nitrogen and oxygen atoms in total. The van der Waals surface area contributed by atoms with E-state index in [0.717, 1.165) is 56.6 Å². The first kappa shape index (κ1) is 36.3. The molecule has 54 heavy (non-hydrogen) atoms. The first-order valence-electron chi connectivity index (χ1n) is 17.7. The number of halogens is 1. The summed E-state index contributed by atoms with van der Waals surface area (Å²) in [7, 11) is 3.15. The van der Waals surface area contributed by atoms with Crippen molar-refractivity contribution in [1.82, 2.24) is 19.4 Å². The molecule has 0 unspecified atom stereocenters. The van der Waals surface area contributed by atoms with Crippen LogP contribution in [-0.4, -0.2) is 79.0 Å². The Morgan fingerprint density at radius 2 is 1.69 bits per heavy atom. The van der Waals surface area contributed by atoms with Crippen molar-refractivity contribution in [2.45, 2.75) is 19.4 Å². The van der Waals surface area contributed by atoms with Crippen molar-refractivity contribution in [2.75, 3.05) is 59.0 Å². The largest absolute Gasteiger partial charge is 0.497 e. The summed E-state index contributed by atoms with van der Waals surface area (Å²) in [6.07, 6.45) is 2.95. The fourth-order valence-electron chi connectivity index (χ4n) is 6.35. The van der Waals surface area contributed by atoms with Gasteiger partial charge in [0.2, 0.25) is 0 Å². The molecule has 13 heteroatoms. The maximum absolute atomic E-state index is 15.5. The summed E-state index contributed by atoms with van der Waals surface area (Å²) in [4.78, 5) is 38.3. The van der Waals surface area contributed by atoms with Crippen LogP contribution in [0.2, 0.25) is 0 Å². The van der Waals surface area contributed by atoms with Crippen molar-refractivity contribution in [1.29, 1.82) is 0 Å². The lowest BCUT2D eigenvalue weighted by Crippen LogP contribution is -2.37. The van der Waals surface area contributed by atoms with E-state index in [1.54, 1.807) is 56.8 Å². The molecule has 0 saturated carbocycles. The van der Waals surface area contributed by atoms with Gasteiger partial charge in [0.05, 0.1) is 50.6 Å². The lowest BCUT2D eigenvalue weighted by Gasteiger charge is -2.26. The van der Waals surface area contributed by atoms with Crippen LogP contribution >= 0.6 is 0 Å². The van der Waals surface area contributed by atoms with E-state index in [1.807, 2.05) is 30.3 Å². The van der Waals surface area contributed by atoms with Crippen LogP contribution in [0.15, 0.2) is 95.9 Å². The highest BCUT2D eigenvalue weighted by atomic mass is 19.1. The molecule has 7 rings (SSSR count). The van der Waals surface area contributed by atoms with Gasteiger partial charge in [-0.1, -0.05) is 24.3 Å². The molecule has 278 valence electrons. The summed E-state index contributed by atoms with van der Waals surface area (Å²) in [6, 6.07) is 23.9. The number of aryl methyl sites for hydroxylation is 2. The second kappa shape index (κ2) is 16.7. The van der Waals surface area contributed by atoms with E-state index in [0.29, 0.717) is 58.8 Å². The van der Waals surface area contributed by atoms with Crippen LogP contribution in [0.25, 0.3) is 21.9 Å². The van der Waals surface area contributed by atoms with Crippen molar-refractivity contribution in [3.05, 3.63) is 119 Å². The van der Waals surface area contributed by atoms with Gasteiger partial charge < -0.3 is 33.6 Å². The molecule has 1 fully saturated rings. The molecular weight excluding hydrogens is 693 g/mol. The number of carbonyl (C=O) groups is 1. The van der Waals surface area contributed by atoms with Gasteiger partial charge in [-0.05, 0) is 66.9 Å². The Bertz CT molecular complexity index is 2330. The Labute approximate surface area is 311 Å². The summed E-state index contributed by atoms with van der Waals surface area (Å²) in [6.45, 7) is 5.07. The molecule has 0 radical (unpaired) electrons. The lowest BCUT2D eigenvalue weighted by molar-refractivity contribution is 0.0357. The lowest BCUT2D eigenvalue weighted by atomic mass is 10.1. The number of nitrogens with zero attached hydrogens (tertiary/aromatic N) is 4. The highest BCUT2D eigenvalue weighted by molar-refractivity contribution is 6.03. The molecule has 0 bridgehead atoms. The fourth-order valence-corrected chi connectivity index (χ4v) is 6.35. The number of nitrogens with one attached hydrogen (secondary N) is 1. The molecule has 2 aromatic heterocycles. The van der Waals surface area contributed by atoms with Crippen molar-refractivity contribution in [2.24, 2.45) is 0 Å². The van der Waals surface area contributed by atoms with Crippen LogP contribution in [0.1, 0.15) is 22.5 Å². The summed E-state index contributed by atoms with van der Waals surface area (Å²) >= 11 is 0. The number of hydrogen-bond donors (Lipinski definition) is 1. The van der Waals surface area contributed by atoms with Crippen LogP contribution < -0.4 is 29.8 Å². The van der Waals surface area contributed by atoms with Gasteiger partial charge in [-0.3, -0.25) is 19.5 Å². The van der Waals surface area contributed by atoms with Crippen molar-refractivity contribution in [3.63, 3.8) is 0 Å². The summed E-state index contributed by atoms with van der Waals surface area (Å²) in [5.74, 6) is 0.561. The summed E-state index contributed by atoms with van der Waals surface area (Å²) < 4.78 is 45.4. The molecule has 1 amide bonds. The molecule has 1 aliphatic heterocycles. The SMILES string of the molecule is COc1ccc(CCn2c(=O)c(C(=O)Nc3ccc(Oc4ccnc5cc(OCCCN6CCOCC6)c(OC)cc45)c(F)c3)nc3ccccc32)cc1. The highest BCUT2D eigenvalue weighted by Gasteiger charge is 2.20. The minimum absolute atomic E-state index is 0.0763. The third kappa shape index (κ3) is 8.27. The Balaban J connectivity index is 1.05. The minimum atomic E-state index is -0.761. The van der Waals surface area contributed by atoms with Crippen LogP contribution in [0.3, 0.4) is 0 Å². The third-order valence-electron chi connectivity index (χ3n) is 9.23. The maximum Gasteiger partial charge on any atom is 0.282 e.